The molecule has 1 aliphatic heterocycles. The molecule has 1 aromatic carbocycles. The number of amides is 1. The largest absolute Gasteiger partial charge is 0.508 e. The molecule has 0 aliphatic carbocycles. The maximum absolute atomic E-state index is 12.3. The molecule has 1 saturated heterocycles. The first kappa shape index (κ1) is 14.6. The van der Waals surface area contributed by atoms with Gasteiger partial charge in [0.15, 0.2) is 0 Å². The van der Waals surface area contributed by atoms with Crippen molar-refractivity contribution in [3.63, 3.8) is 0 Å². The zero-order valence-corrected chi connectivity index (χ0v) is 12.0. The van der Waals surface area contributed by atoms with Gasteiger partial charge in [0.1, 0.15) is 11.5 Å². The van der Waals surface area contributed by atoms with E-state index in [4.69, 9.17) is 0 Å². The van der Waals surface area contributed by atoms with E-state index in [0.717, 1.165) is 12.8 Å². The minimum atomic E-state index is -0.0274. The lowest BCUT2D eigenvalue weighted by molar-refractivity contribution is -0.127. The number of piperidine rings is 1. The van der Waals surface area contributed by atoms with Crippen LogP contribution in [0.15, 0.2) is 24.3 Å². The van der Waals surface area contributed by atoms with Crippen LogP contribution in [-0.2, 0) is 4.79 Å². The number of hydrogen-bond acceptors (Lipinski definition) is 3. The Labute approximate surface area is 119 Å². The number of carbonyl (C=O) groups excluding carboxylic acids is 2. The van der Waals surface area contributed by atoms with E-state index in [2.05, 4.69) is 0 Å². The lowest BCUT2D eigenvalue weighted by Gasteiger charge is -2.32. The van der Waals surface area contributed by atoms with E-state index in [9.17, 15) is 14.7 Å². The van der Waals surface area contributed by atoms with Crippen molar-refractivity contribution in [2.45, 2.75) is 26.7 Å². The van der Waals surface area contributed by atoms with Crippen LogP contribution in [0, 0.1) is 11.8 Å². The number of carbonyl (C=O) groups is 2. The van der Waals surface area contributed by atoms with Crippen molar-refractivity contribution in [2.24, 2.45) is 11.8 Å². The van der Waals surface area contributed by atoms with Gasteiger partial charge < -0.3 is 10.0 Å². The SMILES string of the molecule is CC(C)C(=O)C1CCN(C(=O)c2ccc(O)cc2)CC1. The normalized spacial score (nSPS) is 16.4. The number of likely N-dealkylation sites (tertiary alicyclic amines) is 1. The molecule has 1 heterocycles. The summed E-state index contributed by atoms with van der Waals surface area (Å²) in [6, 6.07) is 6.29. The Morgan fingerprint density at radius 3 is 2.20 bits per heavy atom. The second-order valence-electron chi connectivity index (χ2n) is 5.67. The van der Waals surface area contributed by atoms with Crippen molar-refractivity contribution in [2.75, 3.05) is 13.1 Å². The molecule has 108 valence electrons. The first-order chi connectivity index (χ1) is 9.49. The summed E-state index contributed by atoms with van der Waals surface area (Å²) in [6.07, 6.45) is 1.50. The Morgan fingerprint density at radius 1 is 1.15 bits per heavy atom. The van der Waals surface area contributed by atoms with E-state index in [-0.39, 0.29) is 23.5 Å². The molecule has 1 N–H and O–H groups in total. The van der Waals surface area contributed by atoms with Gasteiger partial charge in [0.05, 0.1) is 0 Å². The highest BCUT2D eigenvalue weighted by molar-refractivity contribution is 5.94. The molecular formula is C16H21NO3. The van der Waals surface area contributed by atoms with E-state index in [1.54, 1.807) is 17.0 Å². The summed E-state index contributed by atoms with van der Waals surface area (Å²) < 4.78 is 0. The topological polar surface area (TPSA) is 57.6 Å². The second kappa shape index (κ2) is 6.07. The predicted octanol–water partition coefficient (Wildman–Crippen LogP) is 2.47. The molecule has 4 nitrogen and oxygen atoms in total. The highest BCUT2D eigenvalue weighted by atomic mass is 16.3. The van der Waals surface area contributed by atoms with Crippen LogP contribution < -0.4 is 0 Å². The van der Waals surface area contributed by atoms with E-state index in [0.29, 0.717) is 24.4 Å². The summed E-state index contributed by atoms with van der Waals surface area (Å²) in [5, 5.41) is 9.23. The first-order valence-corrected chi connectivity index (χ1v) is 7.11. The summed E-state index contributed by atoms with van der Waals surface area (Å²) >= 11 is 0. The van der Waals surface area contributed by atoms with Gasteiger partial charge in [0, 0.05) is 30.5 Å². The number of rotatable bonds is 3. The van der Waals surface area contributed by atoms with Gasteiger partial charge in [-0.25, -0.2) is 0 Å². The van der Waals surface area contributed by atoms with Gasteiger partial charge in [-0.3, -0.25) is 9.59 Å². The van der Waals surface area contributed by atoms with Crippen molar-refractivity contribution in [3.8, 4) is 5.75 Å². The number of ketones is 1. The smallest absolute Gasteiger partial charge is 0.253 e. The number of Topliss-reactive ketones (excluding diaryl/α,β-unsaturated/α-hetero) is 1. The van der Waals surface area contributed by atoms with Gasteiger partial charge in [-0.2, -0.15) is 0 Å². The Kier molecular flexibility index (Phi) is 4.42. The van der Waals surface area contributed by atoms with Crippen LogP contribution in [-0.4, -0.2) is 34.8 Å². The molecule has 1 aromatic rings. The molecule has 20 heavy (non-hydrogen) atoms. The number of aromatic hydroxyl groups is 1. The Bertz CT molecular complexity index is 485. The average molecular weight is 275 g/mol. The van der Waals surface area contributed by atoms with E-state index in [1.165, 1.54) is 12.1 Å². The fourth-order valence-electron chi connectivity index (χ4n) is 2.63. The fraction of sp³-hybridized carbons (Fsp3) is 0.500. The van der Waals surface area contributed by atoms with Crippen molar-refractivity contribution in [1.82, 2.24) is 4.90 Å². The van der Waals surface area contributed by atoms with Crippen LogP contribution >= 0.6 is 0 Å². The molecule has 2 rings (SSSR count). The minimum Gasteiger partial charge on any atom is -0.508 e. The maximum atomic E-state index is 12.3. The maximum Gasteiger partial charge on any atom is 0.253 e. The molecule has 1 fully saturated rings. The Morgan fingerprint density at radius 2 is 1.70 bits per heavy atom. The summed E-state index contributed by atoms with van der Waals surface area (Å²) in [7, 11) is 0. The van der Waals surface area contributed by atoms with Crippen LogP contribution in [0.5, 0.6) is 5.75 Å². The molecule has 4 heteroatoms. The number of nitrogens with zero attached hydrogens (tertiary/aromatic N) is 1. The van der Waals surface area contributed by atoms with Crippen molar-refractivity contribution >= 4 is 11.7 Å². The Balaban J connectivity index is 1.95. The number of benzene rings is 1. The lowest BCUT2D eigenvalue weighted by atomic mass is 9.87. The molecule has 0 spiro atoms. The molecule has 1 amide bonds. The number of phenols is 1. The molecular weight excluding hydrogens is 254 g/mol. The van der Waals surface area contributed by atoms with Gasteiger partial charge in [-0.05, 0) is 37.1 Å². The van der Waals surface area contributed by atoms with Crippen molar-refractivity contribution < 1.29 is 14.7 Å². The van der Waals surface area contributed by atoms with Gasteiger partial charge >= 0.3 is 0 Å². The predicted molar refractivity (Wildman–Crippen MR) is 76.6 cm³/mol. The van der Waals surface area contributed by atoms with E-state index in [1.807, 2.05) is 13.8 Å². The van der Waals surface area contributed by atoms with Crippen LogP contribution in [0.2, 0.25) is 0 Å². The Hall–Kier alpha value is -1.84. The third-order valence-corrected chi connectivity index (χ3v) is 3.87. The van der Waals surface area contributed by atoms with E-state index < -0.39 is 0 Å². The zero-order valence-electron chi connectivity index (χ0n) is 12.0. The minimum absolute atomic E-state index is 0.0274. The summed E-state index contributed by atoms with van der Waals surface area (Å²) in [6.45, 7) is 5.11. The zero-order chi connectivity index (χ0) is 14.7. The number of hydrogen-bond donors (Lipinski definition) is 1. The fourth-order valence-corrected chi connectivity index (χ4v) is 2.63. The molecule has 0 aromatic heterocycles. The van der Waals surface area contributed by atoms with Gasteiger partial charge in [0.25, 0.3) is 5.91 Å². The lowest BCUT2D eigenvalue weighted by Crippen LogP contribution is -2.41. The monoisotopic (exact) mass is 275 g/mol. The van der Waals surface area contributed by atoms with Crippen LogP contribution in [0.4, 0.5) is 0 Å². The van der Waals surface area contributed by atoms with Gasteiger partial charge in [-0.1, -0.05) is 13.8 Å². The van der Waals surface area contributed by atoms with Crippen molar-refractivity contribution in [1.29, 1.82) is 0 Å². The van der Waals surface area contributed by atoms with Gasteiger partial charge in [-0.15, -0.1) is 0 Å². The summed E-state index contributed by atoms with van der Waals surface area (Å²) in [5.41, 5.74) is 0.580. The summed E-state index contributed by atoms with van der Waals surface area (Å²) in [4.78, 5) is 26.0. The van der Waals surface area contributed by atoms with Gasteiger partial charge in [0.2, 0.25) is 0 Å². The highest BCUT2D eigenvalue weighted by Gasteiger charge is 2.28. The molecule has 0 unspecified atom stereocenters. The first-order valence-electron chi connectivity index (χ1n) is 7.11. The highest BCUT2D eigenvalue weighted by Crippen LogP contribution is 2.23. The molecule has 0 saturated carbocycles. The van der Waals surface area contributed by atoms with Crippen LogP contribution in [0.25, 0.3) is 0 Å². The standard InChI is InChI=1S/C16H21NO3/c1-11(2)15(19)12-7-9-17(10-8-12)16(20)13-3-5-14(18)6-4-13/h3-6,11-12,18H,7-10H2,1-2H3. The third-order valence-electron chi connectivity index (χ3n) is 3.87. The summed E-state index contributed by atoms with van der Waals surface area (Å²) in [5.74, 6) is 0.600. The van der Waals surface area contributed by atoms with Crippen LogP contribution in [0.3, 0.4) is 0 Å². The molecule has 0 atom stereocenters. The molecule has 1 aliphatic rings. The average Bonchev–Trinajstić information content (AvgIpc) is 2.46. The quantitative estimate of drug-likeness (QED) is 0.922. The second-order valence-corrected chi connectivity index (χ2v) is 5.67. The molecule has 0 bridgehead atoms. The van der Waals surface area contributed by atoms with E-state index >= 15 is 0 Å². The molecule has 0 radical (unpaired) electrons. The third kappa shape index (κ3) is 3.18. The number of phenolic OH excluding ortho intramolecular Hbond substituents is 1. The van der Waals surface area contributed by atoms with Crippen molar-refractivity contribution in [3.05, 3.63) is 29.8 Å². The van der Waals surface area contributed by atoms with Crippen LogP contribution in [0.1, 0.15) is 37.0 Å².